The van der Waals surface area contributed by atoms with Gasteiger partial charge in [0.25, 0.3) is 0 Å². The minimum atomic E-state index is 0.127. The molecule has 0 spiro atoms. The zero-order chi connectivity index (χ0) is 12.3. The summed E-state index contributed by atoms with van der Waals surface area (Å²) in [6.07, 6.45) is 1.91. The summed E-state index contributed by atoms with van der Waals surface area (Å²) >= 11 is 0. The average molecular weight is 229 g/mol. The Morgan fingerprint density at radius 1 is 1.29 bits per heavy atom. The van der Waals surface area contributed by atoms with E-state index in [9.17, 15) is 0 Å². The standard InChI is InChI=1S/C13H15N3O/c1-10-4-6-11(7-5-10)9-16-8-2-3-12(16)13(14)15-17/h2-8,17H,9H2,1H3,(H2,14,15). The van der Waals surface area contributed by atoms with Crippen LogP contribution in [-0.4, -0.2) is 15.6 Å². The average Bonchev–Trinajstić information content (AvgIpc) is 2.79. The van der Waals surface area contributed by atoms with Crippen LogP contribution in [0.4, 0.5) is 0 Å². The molecule has 0 saturated carbocycles. The van der Waals surface area contributed by atoms with E-state index in [0.717, 1.165) is 0 Å². The number of rotatable bonds is 3. The third kappa shape index (κ3) is 2.47. The van der Waals surface area contributed by atoms with Crippen molar-refractivity contribution in [2.45, 2.75) is 13.5 Å². The van der Waals surface area contributed by atoms with Crippen molar-refractivity contribution in [2.75, 3.05) is 0 Å². The minimum Gasteiger partial charge on any atom is -0.409 e. The van der Waals surface area contributed by atoms with Gasteiger partial charge in [0, 0.05) is 12.7 Å². The smallest absolute Gasteiger partial charge is 0.186 e. The zero-order valence-electron chi connectivity index (χ0n) is 9.67. The van der Waals surface area contributed by atoms with Gasteiger partial charge in [-0.3, -0.25) is 0 Å². The molecule has 0 radical (unpaired) electrons. The Labute approximate surface area is 100.0 Å². The molecule has 17 heavy (non-hydrogen) atoms. The van der Waals surface area contributed by atoms with Crippen LogP contribution in [0.25, 0.3) is 0 Å². The first-order chi connectivity index (χ1) is 8.20. The molecule has 0 atom stereocenters. The highest BCUT2D eigenvalue weighted by Crippen LogP contribution is 2.09. The molecule has 1 aromatic carbocycles. The second-order valence-corrected chi connectivity index (χ2v) is 3.99. The Kier molecular flexibility index (Phi) is 3.14. The van der Waals surface area contributed by atoms with E-state index in [1.165, 1.54) is 11.1 Å². The molecule has 0 fully saturated rings. The fourth-order valence-electron chi connectivity index (χ4n) is 1.73. The molecule has 0 aliphatic rings. The quantitative estimate of drug-likeness (QED) is 0.365. The van der Waals surface area contributed by atoms with Gasteiger partial charge in [-0.05, 0) is 24.6 Å². The summed E-state index contributed by atoms with van der Waals surface area (Å²) < 4.78 is 1.94. The third-order valence-corrected chi connectivity index (χ3v) is 2.67. The van der Waals surface area contributed by atoms with Gasteiger partial charge in [-0.1, -0.05) is 35.0 Å². The summed E-state index contributed by atoms with van der Waals surface area (Å²) in [4.78, 5) is 0. The van der Waals surface area contributed by atoms with Crippen molar-refractivity contribution in [1.29, 1.82) is 0 Å². The van der Waals surface area contributed by atoms with Crippen LogP contribution in [0, 0.1) is 6.92 Å². The summed E-state index contributed by atoms with van der Waals surface area (Å²) in [5.41, 5.74) is 8.73. The molecule has 0 unspecified atom stereocenters. The van der Waals surface area contributed by atoms with Crippen molar-refractivity contribution in [3.05, 3.63) is 59.4 Å². The Bertz CT molecular complexity index is 526. The van der Waals surface area contributed by atoms with Gasteiger partial charge >= 0.3 is 0 Å². The summed E-state index contributed by atoms with van der Waals surface area (Å²) in [6, 6.07) is 12.0. The molecule has 1 aromatic heterocycles. The molecule has 0 bridgehead atoms. The first-order valence-corrected chi connectivity index (χ1v) is 5.39. The van der Waals surface area contributed by atoms with Gasteiger partial charge in [-0.15, -0.1) is 0 Å². The second-order valence-electron chi connectivity index (χ2n) is 3.99. The molecule has 2 aromatic rings. The largest absolute Gasteiger partial charge is 0.409 e. The number of hydrogen-bond donors (Lipinski definition) is 2. The first kappa shape index (κ1) is 11.3. The lowest BCUT2D eigenvalue weighted by Gasteiger charge is -2.08. The van der Waals surface area contributed by atoms with Crippen molar-refractivity contribution >= 4 is 5.84 Å². The molecule has 3 N–H and O–H groups in total. The van der Waals surface area contributed by atoms with Crippen LogP contribution < -0.4 is 5.73 Å². The van der Waals surface area contributed by atoms with Crippen molar-refractivity contribution in [3.8, 4) is 0 Å². The molecule has 0 aliphatic heterocycles. The number of oxime groups is 1. The van der Waals surface area contributed by atoms with Gasteiger partial charge in [0.1, 0.15) is 0 Å². The van der Waals surface area contributed by atoms with E-state index in [0.29, 0.717) is 12.2 Å². The van der Waals surface area contributed by atoms with Gasteiger partial charge in [-0.2, -0.15) is 0 Å². The summed E-state index contributed by atoms with van der Waals surface area (Å²) in [6.45, 7) is 2.76. The lowest BCUT2D eigenvalue weighted by Crippen LogP contribution is -2.18. The lowest BCUT2D eigenvalue weighted by atomic mass is 10.1. The highest BCUT2D eigenvalue weighted by molar-refractivity contribution is 5.95. The molecular formula is C13H15N3O. The van der Waals surface area contributed by atoms with Crippen LogP contribution in [0.1, 0.15) is 16.8 Å². The third-order valence-electron chi connectivity index (χ3n) is 2.67. The van der Waals surface area contributed by atoms with Crippen LogP contribution >= 0.6 is 0 Å². The van der Waals surface area contributed by atoms with E-state index in [4.69, 9.17) is 10.9 Å². The molecule has 4 heteroatoms. The molecule has 1 heterocycles. The summed E-state index contributed by atoms with van der Waals surface area (Å²) in [5, 5.41) is 11.7. The Morgan fingerprint density at radius 2 is 2.00 bits per heavy atom. The van der Waals surface area contributed by atoms with E-state index in [-0.39, 0.29) is 5.84 Å². The van der Waals surface area contributed by atoms with Gasteiger partial charge in [0.15, 0.2) is 5.84 Å². The Hall–Kier alpha value is -2.23. The molecular weight excluding hydrogens is 214 g/mol. The van der Waals surface area contributed by atoms with E-state index in [2.05, 4.69) is 36.3 Å². The van der Waals surface area contributed by atoms with Crippen molar-refractivity contribution in [3.63, 3.8) is 0 Å². The maximum atomic E-state index is 8.68. The second kappa shape index (κ2) is 4.74. The van der Waals surface area contributed by atoms with E-state index < -0.39 is 0 Å². The molecule has 0 saturated heterocycles. The normalized spacial score (nSPS) is 11.7. The lowest BCUT2D eigenvalue weighted by molar-refractivity contribution is 0.318. The van der Waals surface area contributed by atoms with Crippen LogP contribution in [0.5, 0.6) is 0 Å². The summed E-state index contributed by atoms with van der Waals surface area (Å²) in [5.74, 6) is 0.127. The van der Waals surface area contributed by atoms with Gasteiger partial charge in [0.2, 0.25) is 0 Å². The number of hydrogen-bond acceptors (Lipinski definition) is 2. The van der Waals surface area contributed by atoms with Gasteiger partial charge in [0.05, 0.1) is 5.69 Å². The zero-order valence-corrected chi connectivity index (χ0v) is 9.67. The maximum absolute atomic E-state index is 8.68. The van der Waals surface area contributed by atoms with Gasteiger partial charge < -0.3 is 15.5 Å². The fraction of sp³-hybridized carbons (Fsp3) is 0.154. The fourth-order valence-corrected chi connectivity index (χ4v) is 1.73. The predicted octanol–water partition coefficient (Wildman–Crippen LogP) is 1.94. The number of nitrogens with two attached hydrogens (primary N) is 1. The highest BCUT2D eigenvalue weighted by Gasteiger charge is 2.05. The molecule has 4 nitrogen and oxygen atoms in total. The number of amidine groups is 1. The number of nitrogens with zero attached hydrogens (tertiary/aromatic N) is 2. The van der Waals surface area contributed by atoms with Crippen molar-refractivity contribution < 1.29 is 5.21 Å². The molecule has 2 rings (SSSR count). The SMILES string of the molecule is Cc1ccc(Cn2cccc2/C(N)=N/O)cc1. The van der Waals surface area contributed by atoms with E-state index >= 15 is 0 Å². The van der Waals surface area contributed by atoms with Crippen LogP contribution in [0.15, 0.2) is 47.8 Å². The monoisotopic (exact) mass is 229 g/mol. The van der Waals surface area contributed by atoms with Crippen molar-refractivity contribution in [1.82, 2.24) is 4.57 Å². The topological polar surface area (TPSA) is 63.5 Å². The first-order valence-electron chi connectivity index (χ1n) is 5.39. The summed E-state index contributed by atoms with van der Waals surface area (Å²) in [7, 11) is 0. The molecule has 88 valence electrons. The number of aromatic nitrogens is 1. The predicted molar refractivity (Wildman–Crippen MR) is 67.2 cm³/mol. The van der Waals surface area contributed by atoms with E-state index in [1.54, 1.807) is 0 Å². The Balaban J connectivity index is 2.25. The van der Waals surface area contributed by atoms with Crippen LogP contribution in [0.3, 0.4) is 0 Å². The molecule has 0 amide bonds. The maximum Gasteiger partial charge on any atom is 0.186 e. The van der Waals surface area contributed by atoms with Crippen LogP contribution in [-0.2, 0) is 6.54 Å². The number of benzene rings is 1. The van der Waals surface area contributed by atoms with E-state index in [1.807, 2.05) is 22.9 Å². The van der Waals surface area contributed by atoms with Crippen molar-refractivity contribution in [2.24, 2.45) is 10.9 Å². The highest BCUT2D eigenvalue weighted by atomic mass is 16.4. The Morgan fingerprint density at radius 3 is 2.65 bits per heavy atom. The van der Waals surface area contributed by atoms with Crippen LogP contribution in [0.2, 0.25) is 0 Å². The minimum absolute atomic E-state index is 0.127. The number of aryl methyl sites for hydroxylation is 1. The molecule has 0 aliphatic carbocycles. The van der Waals surface area contributed by atoms with Gasteiger partial charge in [-0.25, -0.2) is 0 Å².